The van der Waals surface area contributed by atoms with Gasteiger partial charge in [-0.25, -0.2) is 4.79 Å². The molecule has 2 atom stereocenters. The first kappa shape index (κ1) is 15.8. The summed E-state index contributed by atoms with van der Waals surface area (Å²) < 4.78 is 0. The second-order valence-corrected chi connectivity index (χ2v) is 6.22. The third-order valence-corrected chi connectivity index (χ3v) is 4.44. The van der Waals surface area contributed by atoms with Gasteiger partial charge in [0.1, 0.15) is 0 Å². The van der Waals surface area contributed by atoms with Gasteiger partial charge in [0, 0.05) is 10.9 Å². The molecule has 23 heavy (non-hydrogen) atoms. The van der Waals surface area contributed by atoms with Gasteiger partial charge in [-0.1, -0.05) is 60.5 Å². The summed E-state index contributed by atoms with van der Waals surface area (Å²) >= 11 is 12.2. The fourth-order valence-corrected chi connectivity index (χ4v) is 3.31. The lowest BCUT2D eigenvalue weighted by molar-refractivity contribution is -0.129. The van der Waals surface area contributed by atoms with Crippen molar-refractivity contribution in [2.45, 2.75) is 13.0 Å². The van der Waals surface area contributed by atoms with Crippen molar-refractivity contribution in [1.82, 2.24) is 0 Å². The van der Waals surface area contributed by atoms with E-state index in [0.29, 0.717) is 15.7 Å². The number of halogens is 2. The first-order valence-corrected chi connectivity index (χ1v) is 7.85. The van der Waals surface area contributed by atoms with E-state index < -0.39 is 5.97 Å². The van der Waals surface area contributed by atoms with Gasteiger partial charge in [0.25, 0.3) is 0 Å². The molecule has 0 saturated heterocycles. The molecule has 4 nitrogen and oxygen atoms in total. The molecule has 0 saturated carbocycles. The molecule has 0 amide bonds. The summed E-state index contributed by atoms with van der Waals surface area (Å²) in [5.41, 5.74) is 1.73. The van der Waals surface area contributed by atoms with E-state index in [1.165, 1.54) is 0 Å². The number of carbonyl (C=O) groups is 1. The number of benzene rings is 2. The summed E-state index contributed by atoms with van der Waals surface area (Å²) in [7, 11) is 0. The number of anilines is 1. The molecule has 0 bridgehead atoms. The van der Waals surface area contributed by atoms with Crippen molar-refractivity contribution in [3.8, 4) is 0 Å². The molecule has 1 heterocycles. The maximum Gasteiger partial charge on any atom is 0.352 e. The summed E-state index contributed by atoms with van der Waals surface area (Å²) in [6.07, 6.45) is 0. The summed E-state index contributed by atoms with van der Waals surface area (Å²) in [6, 6.07) is 14.5. The number of aliphatic carboxylic acids is 1. The molecule has 2 aromatic rings. The van der Waals surface area contributed by atoms with Gasteiger partial charge < -0.3 is 5.11 Å². The number of carboxylic acid groups (broad SMARTS) is 1. The lowest BCUT2D eigenvalue weighted by atomic mass is 9.91. The van der Waals surface area contributed by atoms with Crippen LogP contribution in [-0.2, 0) is 4.79 Å². The third-order valence-electron chi connectivity index (χ3n) is 3.90. The van der Waals surface area contributed by atoms with Crippen LogP contribution in [0.2, 0.25) is 10.0 Å². The van der Waals surface area contributed by atoms with Gasteiger partial charge in [0.2, 0.25) is 0 Å². The van der Waals surface area contributed by atoms with Crippen LogP contribution in [0.25, 0.3) is 0 Å². The molecular formula is C17H14Cl2N2O2. The van der Waals surface area contributed by atoms with Crippen LogP contribution in [-0.4, -0.2) is 16.8 Å². The largest absolute Gasteiger partial charge is 0.477 e. The molecule has 0 aliphatic carbocycles. The molecule has 0 fully saturated rings. The maximum atomic E-state index is 11.5. The van der Waals surface area contributed by atoms with E-state index in [4.69, 9.17) is 23.2 Å². The molecule has 3 rings (SSSR count). The van der Waals surface area contributed by atoms with Crippen LogP contribution in [0.3, 0.4) is 0 Å². The molecule has 2 aromatic carbocycles. The zero-order chi connectivity index (χ0) is 16.6. The van der Waals surface area contributed by atoms with Crippen molar-refractivity contribution in [1.29, 1.82) is 0 Å². The average molecular weight is 349 g/mol. The molecule has 0 spiro atoms. The Morgan fingerprint density at radius 3 is 2.48 bits per heavy atom. The Hall–Kier alpha value is -2.04. The van der Waals surface area contributed by atoms with Crippen LogP contribution in [0.4, 0.5) is 5.69 Å². The number of hydrogen-bond acceptors (Lipinski definition) is 3. The van der Waals surface area contributed by atoms with Crippen molar-refractivity contribution in [3.63, 3.8) is 0 Å². The summed E-state index contributed by atoms with van der Waals surface area (Å²) in [6.45, 7) is 1.86. The summed E-state index contributed by atoms with van der Waals surface area (Å²) in [5.74, 6) is -1.30. The second-order valence-electron chi connectivity index (χ2n) is 5.37. The quantitative estimate of drug-likeness (QED) is 0.879. The molecule has 0 unspecified atom stereocenters. The fourth-order valence-electron chi connectivity index (χ4n) is 2.82. The summed E-state index contributed by atoms with van der Waals surface area (Å²) in [4.78, 5) is 11.5. The maximum absolute atomic E-state index is 11.5. The lowest BCUT2D eigenvalue weighted by Gasteiger charge is -2.27. The number of rotatable bonds is 3. The molecule has 6 heteroatoms. The Kier molecular flexibility index (Phi) is 4.28. The van der Waals surface area contributed by atoms with E-state index in [1.807, 2.05) is 37.3 Å². The van der Waals surface area contributed by atoms with Gasteiger partial charge in [0.05, 0.1) is 16.8 Å². The Bertz CT molecular complexity index is 777. The SMILES string of the molecule is C[C@@H]1C(C(=O)O)=NN(c2ccc(Cl)cc2Cl)[C@H]1c1ccccc1. The van der Waals surface area contributed by atoms with Crippen molar-refractivity contribution >= 4 is 40.6 Å². The van der Waals surface area contributed by atoms with E-state index in [9.17, 15) is 9.90 Å². The molecular weight excluding hydrogens is 335 g/mol. The molecule has 0 radical (unpaired) electrons. The summed E-state index contributed by atoms with van der Waals surface area (Å²) in [5, 5.41) is 16.3. The Morgan fingerprint density at radius 1 is 1.17 bits per heavy atom. The smallest absolute Gasteiger partial charge is 0.352 e. The van der Waals surface area contributed by atoms with E-state index in [0.717, 1.165) is 5.56 Å². The van der Waals surface area contributed by atoms with E-state index in [2.05, 4.69) is 5.10 Å². The first-order valence-electron chi connectivity index (χ1n) is 7.10. The van der Waals surface area contributed by atoms with Gasteiger partial charge in [-0.3, -0.25) is 5.01 Å². The van der Waals surface area contributed by atoms with Crippen molar-refractivity contribution in [3.05, 3.63) is 64.1 Å². The zero-order valence-corrected chi connectivity index (χ0v) is 13.8. The minimum Gasteiger partial charge on any atom is -0.477 e. The van der Waals surface area contributed by atoms with Crippen LogP contribution in [0.15, 0.2) is 53.6 Å². The Labute approximate surface area is 143 Å². The normalized spacial score (nSPS) is 20.5. The number of hydrogen-bond donors (Lipinski definition) is 1. The average Bonchev–Trinajstić information content (AvgIpc) is 2.85. The van der Waals surface area contributed by atoms with Crippen molar-refractivity contribution < 1.29 is 9.90 Å². The number of nitrogens with zero attached hydrogens (tertiary/aromatic N) is 2. The predicted molar refractivity (Wildman–Crippen MR) is 92.4 cm³/mol. The Balaban J connectivity index is 2.11. The van der Waals surface area contributed by atoms with Crippen LogP contribution >= 0.6 is 23.2 Å². The van der Waals surface area contributed by atoms with E-state index in [1.54, 1.807) is 23.2 Å². The molecule has 0 aromatic heterocycles. The van der Waals surface area contributed by atoms with E-state index in [-0.39, 0.29) is 17.7 Å². The second kappa shape index (κ2) is 6.22. The van der Waals surface area contributed by atoms with Crippen LogP contribution in [0.1, 0.15) is 18.5 Å². The van der Waals surface area contributed by atoms with Gasteiger partial charge in [-0.2, -0.15) is 5.10 Å². The van der Waals surface area contributed by atoms with Gasteiger partial charge in [-0.15, -0.1) is 0 Å². The highest BCUT2D eigenvalue weighted by molar-refractivity contribution is 6.38. The number of carboxylic acids is 1. The fraction of sp³-hybridized carbons (Fsp3) is 0.176. The minimum absolute atomic E-state index is 0.116. The van der Waals surface area contributed by atoms with Gasteiger partial charge in [-0.05, 0) is 23.8 Å². The van der Waals surface area contributed by atoms with Gasteiger partial charge >= 0.3 is 5.97 Å². The number of hydrazone groups is 1. The highest BCUT2D eigenvalue weighted by Gasteiger charge is 2.39. The molecule has 1 aliphatic rings. The topological polar surface area (TPSA) is 52.9 Å². The first-order chi connectivity index (χ1) is 11.0. The van der Waals surface area contributed by atoms with Crippen molar-refractivity contribution in [2.24, 2.45) is 11.0 Å². The van der Waals surface area contributed by atoms with Crippen molar-refractivity contribution in [2.75, 3.05) is 5.01 Å². The third kappa shape index (κ3) is 2.92. The lowest BCUT2D eigenvalue weighted by Crippen LogP contribution is -2.25. The highest BCUT2D eigenvalue weighted by atomic mass is 35.5. The van der Waals surface area contributed by atoms with E-state index >= 15 is 0 Å². The van der Waals surface area contributed by atoms with Crippen LogP contribution in [0.5, 0.6) is 0 Å². The molecule has 1 N–H and O–H groups in total. The Morgan fingerprint density at radius 2 is 1.87 bits per heavy atom. The zero-order valence-electron chi connectivity index (χ0n) is 12.3. The highest BCUT2D eigenvalue weighted by Crippen LogP contribution is 2.42. The molecule has 1 aliphatic heterocycles. The predicted octanol–water partition coefficient (Wildman–Crippen LogP) is 4.63. The minimum atomic E-state index is -1.02. The molecule has 118 valence electrons. The van der Waals surface area contributed by atoms with Crippen LogP contribution in [0, 0.1) is 5.92 Å². The monoisotopic (exact) mass is 348 g/mol. The van der Waals surface area contributed by atoms with Gasteiger partial charge in [0.15, 0.2) is 5.71 Å². The standard InChI is InChI=1S/C17H14Cl2N2O2/c1-10-15(17(22)23)20-21(14-8-7-12(18)9-13(14)19)16(10)11-5-3-2-4-6-11/h2-10,16H,1H3,(H,22,23)/t10-,16-/m1/s1. The van der Waals surface area contributed by atoms with Crippen LogP contribution < -0.4 is 5.01 Å².